The third-order valence-corrected chi connectivity index (χ3v) is 2.95. The van der Waals surface area contributed by atoms with E-state index in [1.54, 1.807) is 0 Å². The minimum Gasteiger partial charge on any atom is -0.326 e. The van der Waals surface area contributed by atoms with Crippen LogP contribution in [0.15, 0.2) is 36.9 Å². The van der Waals surface area contributed by atoms with Gasteiger partial charge >= 0.3 is 0 Å². The van der Waals surface area contributed by atoms with E-state index in [-0.39, 0.29) is 11.8 Å². The maximum atomic E-state index is 11.8. The molecule has 1 saturated heterocycles. The first-order chi connectivity index (χ1) is 7.74. The van der Waals surface area contributed by atoms with E-state index in [9.17, 15) is 4.79 Å². The number of hydrogen-bond acceptors (Lipinski definition) is 2. The molecule has 1 atom stereocenters. The molecular formula is C13H16N2O. The quantitative estimate of drug-likeness (QED) is 0.781. The van der Waals surface area contributed by atoms with Crippen LogP contribution < -0.4 is 10.6 Å². The van der Waals surface area contributed by atoms with Gasteiger partial charge in [0.25, 0.3) is 0 Å². The Balaban J connectivity index is 2.23. The molecule has 0 aromatic heterocycles. The summed E-state index contributed by atoms with van der Waals surface area (Å²) in [6, 6.07) is 7.83. The number of carbonyl (C=O) groups is 1. The molecule has 1 aromatic carbocycles. The molecule has 0 spiro atoms. The smallest absolute Gasteiger partial charge is 0.227 e. The van der Waals surface area contributed by atoms with Crippen molar-refractivity contribution in [3.63, 3.8) is 0 Å². The zero-order valence-electron chi connectivity index (χ0n) is 9.23. The summed E-state index contributed by atoms with van der Waals surface area (Å²) in [6.45, 7) is 4.97. The largest absolute Gasteiger partial charge is 0.326 e. The van der Waals surface area contributed by atoms with E-state index in [1.807, 2.05) is 35.2 Å². The fourth-order valence-electron chi connectivity index (χ4n) is 1.99. The normalized spacial score (nSPS) is 20.2. The zero-order chi connectivity index (χ0) is 11.5. The SMILES string of the molecule is C=CC1CC(=O)N(c2cccc(CN)c2)C1. The van der Waals surface area contributed by atoms with Gasteiger partial charge in [0.1, 0.15) is 0 Å². The summed E-state index contributed by atoms with van der Waals surface area (Å²) in [6.07, 6.45) is 2.42. The molecule has 0 radical (unpaired) electrons. The first-order valence-corrected chi connectivity index (χ1v) is 5.46. The van der Waals surface area contributed by atoms with Gasteiger partial charge in [-0.2, -0.15) is 0 Å². The predicted molar refractivity (Wildman–Crippen MR) is 65.0 cm³/mol. The van der Waals surface area contributed by atoms with E-state index >= 15 is 0 Å². The van der Waals surface area contributed by atoms with Crippen molar-refractivity contribution in [2.24, 2.45) is 11.7 Å². The monoisotopic (exact) mass is 216 g/mol. The van der Waals surface area contributed by atoms with Crippen LogP contribution in [-0.4, -0.2) is 12.5 Å². The molecule has 1 aromatic rings. The van der Waals surface area contributed by atoms with Crippen LogP contribution in [-0.2, 0) is 11.3 Å². The van der Waals surface area contributed by atoms with Crippen molar-refractivity contribution in [3.8, 4) is 0 Å². The summed E-state index contributed by atoms with van der Waals surface area (Å²) in [5.74, 6) is 0.438. The van der Waals surface area contributed by atoms with E-state index in [1.165, 1.54) is 0 Å². The van der Waals surface area contributed by atoms with Crippen molar-refractivity contribution in [1.29, 1.82) is 0 Å². The third kappa shape index (κ3) is 1.99. The van der Waals surface area contributed by atoms with Gasteiger partial charge in [0.05, 0.1) is 0 Å². The van der Waals surface area contributed by atoms with Crippen molar-refractivity contribution in [3.05, 3.63) is 42.5 Å². The van der Waals surface area contributed by atoms with Crippen molar-refractivity contribution in [1.82, 2.24) is 0 Å². The Hall–Kier alpha value is -1.61. The van der Waals surface area contributed by atoms with Gasteiger partial charge in [0.2, 0.25) is 5.91 Å². The lowest BCUT2D eigenvalue weighted by molar-refractivity contribution is -0.117. The first kappa shape index (κ1) is 10.9. The molecule has 1 unspecified atom stereocenters. The summed E-state index contributed by atoms with van der Waals surface area (Å²) < 4.78 is 0. The van der Waals surface area contributed by atoms with Gasteiger partial charge in [-0.1, -0.05) is 18.2 Å². The van der Waals surface area contributed by atoms with Crippen LogP contribution in [0.2, 0.25) is 0 Å². The fraction of sp³-hybridized carbons (Fsp3) is 0.308. The Labute approximate surface area is 95.6 Å². The molecule has 1 aliphatic heterocycles. The van der Waals surface area contributed by atoms with Crippen LogP contribution in [0.25, 0.3) is 0 Å². The molecule has 1 fully saturated rings. The number of benzene rings is 1. The summed E-state index contributed by atoms with van der Waals surface area (Å²) >= 11 is 0. The van der Waals surface area contributed by atoms with Crippen LogP contribution in [0.3, 0.4) is 0 Å². The van der Waals surface area contributed by atoms with Crippen LogP contribution in [0.5, 0.6) is 0 Å². The molecule has 0 saturated carbocycles. The van der Waals surface area contributed by atoms with E-state index in [0.717, 1.165) is 17.8 Å². The Bertz CT molecular complexity index is 414. The lowest BCUT2D eigenvalue weighted by Gasteiger charge is -2.16. The van der Waals surface area contributed by atoms with Crippen LogP contribution in [0.4, 0.5) is 5.69 Å². The van der Waals surface area contributed by atoms with E-state index < -0.39 is 0 Å². The molecule has 2 N–H and O–H groups in total. The minimum atomic E-state index is 0.166. The molecule has 0 aliphatic carbocycles. The highest BCUT2D eigenvalue weighted by Crippen LogP contribution is 2.25. The molecule has 0 bridgehead atoms. The summed E-state index contributed by atoms with van der Waals surface area (Å²) in [5.41, 5.74) is 7.58. The lowest BCUT2D eigenvalue weighted by atomic mass is 10.1. The topological polar surface area (TPSA) is 46.3 Å². The molecule has 1 heterocycles. The van der Waals surface area contributed by atoms with Crippen LogP contribution in [0.1, 0.15) is 12.0 Å². The van der Waals surface area contributed by atoms with Crippen LogP contribution in [0, 0.1) is 5.92 Å². The first-order valence-electron chi connectivity index (χ1n) is 5.46. The van der Waals surface area contributed by atoms with Gasteiger partial charge in [-0.25, -0.2) is 0 Å². The van der Waals surface area contributed by atoms with Gasteiger partial charge < -0.3 is 10.6 Å². The molecule has 3 heteroatoms. The van der Waals surface area contributed by atoms with Crippen molar-refractivity contribution < 1.29 is 4.79 Å². The molecule has 2 rings (SSSR count). The van der Waals surface area contributed by atoms with Gasteiger partial charge in [0.15, 0.2) is 0 Å². The average Bonchev–Trinajstić information content (AvgIpc) is 2.71. The Morgan fingerprint density at radius 3 is 3.00 bits per heavy atom. The molecule has 1 amide bonds. The zero-order valence-corrected chi connectivity index (χ0v) is 9.23. The van der Waals surface area contributed by atoms with Crippen molar-refractivity contribution in [2.45, 2.75) is 13.0 Å². The van der Waals surface area contributed by atoms with Gasteiger partial charge in [0, 0.05) is 31.1 Å². The summed E-state index contributed by atoms with van der Waals surface area (Å²) in [5, 5.41) is 0. The molecule has 84 valence electrons. The second-order valence-corrected chi connectivity index (χ2v) is 4.08. The second-order valence-electron chi connectivity index (χ2n) is 4.08. The van der Waals surface area contributed by atoms with Gasteiger partial charge in [-0.15, -0.1) is 6.58 Å². The number of anilines is 1. The Kier molecular flexibility index (Phi) is 3.06. The highest BCUT2D eigenvalue weighted by molar-refractivity contribution is 5.96. The maximum Gasteiger partial charge on any atom is 0.227 e. The predicted octanol–water partition coefficient (Wildman–Crippen LogP) is 1.68. The molecule has 1 aliphatic rings. The summed E-state index contributed by atoms with van der Waals surface area (Å²) in [4.78, 5) is 13.6. The lowest BCUT2D eigenvalue weighted by Crippen LogP contribution is -2.24. The van der Waals surface area contributed by atoms with Crippen molar-refractivity contribution in [2.75, 3.05) is 11.4 Å². The standard InChI is InChI=1S/C13H16N2O/c1-2-10-7-13(16)15(9-10)12-5-3-4-11(6-12)8-14/h2-6,10H,1,7-9,14H2. The molecule has 16 heavy (non-hydrogen) atoms. The number of nitrogens with two attached hydrogens (primary N) is 1. The van der Waals surface area contributed by atoms with E-state index in [0.29, 0.717) is 13.0 Å². The highest BCUT2D eigenvalue weighted by Gasteiger charge is 2.28. The Morgan fingerprint density at radius 2 is 2.38 bits per heavy atom. The van der Waals surface area contributed by atoms with Gasteiger partial charge in [-0.3, -0.25) is 4.79 Å². The summed E-state index contributed by atoms with van der Waals surface area (Å²) in [7, 11) is 0. The van der Waals surface area contributed by atoms with Gasteiger partial charge in [-0.05, 0) is 17.7 Å². The van der Waals surface area contributed by atoms with E-state index in [4.69, 9.17) is 5.73 Å². The molecular weight excluding hydrogens is 200 g/mol. The number of amides is 1. The second kappa shape index (κ2) is 4.49. The van der Waals surface area contributed by atoms with Crippen LogP contribution >= 0.6 is 0 Å². The number of hydrogen-bond donors (Lipinski definition) is 1. The van der Waals surface area contributed by atoms with Crippen molar-refractivity contribution >= 4 is 11.6 Å². The number of nitrogens with zero attached hydrogens (tertiary/aromatic N) is 1. The van der Waals surface area contributed by atoms with E-state index in [2.05, 4.69) is 6.58 Å². The fourth-order valence-corrected chi connectivity index (χ4v) is 1.99. The third-order valence-electron chi connectivity index (χ3n) is 2.95. The maximum absolute atomic E-state index is 11.8. The number of carbonyl (C=O) groups excluding carboxylic acids is 1. The minimum absolute atomic E-state index is 0.166. The number of rotatable bonds is 3. The molecule has 3 nitrogen and oxygen atoms in total. The Morgan fingerprint density at radius 1 is 1.56 bits per heavy atom. The highest BCUT2D eigenvalue weighted by atomic mass is 16.2. The average molecular weight is 216 g/mol.